The molecule has 20 heavy (non-hydrogen) atoms. The summed E-state index contributed by atoms with van der Waals surface area (Å²) in [6, 6.07) is 6.44. The summed E-state index contributed by atoms with van der Waals surface area (Å²) in [5.74, 6) is 0.111. The van der Waals surface area contributed by atoms with E-state index < -0.39 is 0 Å². The van der Waals surface area contributed by atoms with Gasteiger partial charge in [-0.25, -0.2) is 0 Å². The second-order valence-corrected chi connectivity index (χ2v) is 5.68. The van der Waals surface area contributed by atoms with E-state index in [0.29, 0.717) is 6.54 Å². The van der Waals surface area contributed by atoms with E-state index in [-0.39, 0.29) is 11.9 Å². The molecule has 0 aromatic heterocycles. The van der Waals surface area contributed by atoms with Crippen LogP contribution in [0.25, 0.3) is 0 Å². The third-order valence-corrected chi connectivity index (χ3v) is 3.86. The van der Waals surface area contributed by atoms with E-state index in [1.54, 1.807) is 0 Å². The van der Waals surface area contributed by atoms with Crippen molar-refractivity contribution in [2.45, 2.75) is 26.8 Å². The molecule has 0 spiro atoms. The molecule has 4 heteroatoms. The number of hydrogen-bond acceptors (Lipinski definition) is 3. The van der Waals surface area contributed by atoms with Crippen LogP contribution >= 0.6 is 0 Å². The molecule has 1 unspecified atom stereocenters. The molecular weight excluding hydrogens is 250 g/mol. The molecule has 1 aromatic carbocycles. The van der Waals surface area contributed by atoms with Crippen LogP contribution < -0.4 is 10.6 Å². The highest BCUT2D eigenvalue weighted by atomic mass is 16.2. The van der Waals surface area contributed by atoms with E-state index in [9.17, 15) is 4.79 Å². The molecule has 1 aliphatic rings. The highest BCUT2D eigenvalue weighted by Gasteiger charge is 2.16. The molecule has 1 saturated heterocycles. The molecule has 1 atom stereocenters. The van der Waals surface area contributed by atoms with Crippen LogP contribution in [-0.4, -0.2) is 43.5 Å². The Labute approximate surface area is 121 Å². The number of nitrogens with one attached hydrogen (secondary N) is 2. The molecule has 1 amide bonds. The third-order valence-electron chi connectivity index (χ3n) is 3.86. The molecule has 0 radical (unpaired) electrons. The molecule has 1 aromatic rings. The number of amides is 1. The first-order chi connectivity index (χ1) is 9.56. The quantitative estimate of drug-likeness (QED) is 0.873. The molecule has 0 aliphatic carbocycles. The summed E-state index contributed by atoms with van der Waals surface area (Å²) in [5.41, 5.74) is 3.66. The first-order valence-electron chi connectivity index (χ1n) is 7.36. The zero-order valence-corrected chi connectivity index (χ0v) is 12.7. The van der Waals surface area contributed by atoms with E-state index >= 15 is 0 Å². The van der Waals surface area contributed by atoms with Crippen LogP contribution in [0.1, 0.15) is 29.7 Å². The summed E-state index contributed by atoms with van der Waals surface area (Å²) in [6.45, 7) is 10.6. The van der Waals surface area contributed by atoms with Gasteiger partial charge in [0.25, 0.3) is 0 Å². The van der Waals surface area contributed by atoms with Crippen molar-refractivity contribution < 1.29 is 4.79 Å². The van der Waals surface area contributed by atoms with Crippen molar-refractivity contribution in [3.05, 3.63) is 34.9 Å². The molecule has 110 valence electrons. The lowest BCUT2D eigenvalue weighted by Crippen LogP contribution is -2.47. The molecule has 2 N–H and O–H groups in total. The van der Waals surface area contributed by atoms with Crippen LogP contribution in [-0.2, 0) is 4.79 Å². The Kier molecular flexibility index (Phi) is 5.15. The van der Waals surface area contributed by atoms with E-state index in [0.717, 1.165) is 26.2 Å². The lowest BCUT2D eigenvalue weighted by Gasteiger charge is -2.27. The predicted octanol–water partition coefficient (Wildman–Crippen LogP) is 1.39. The van der Waals surface area contributed by atoms with E-state index in [1.807, 2.05) is 0 Å². The van der Waals surface area contributed by atoms with Gasteiger partial charge in [-0.2, -0.15) is 0 Å². The highest BCUT2D eigenvalue weighted by Crippen LogP contribution is 2.18. The van der Waals surface area contributed by atoms with Gasteiger partial charge in [-0.15, -0.1) is 0 Å². The zero-order valence-electron chi connectivity index (χ0n) is 12.7. The normalized spacial score (nSPS) is 17.8. The molecule has 1 aliphatic heterocycles. The molecule has 2 rings (SSSR count). The summed E-state index contributed by atoms with van der Waals surface area (Å²) in [4.78, 5) is 14.3. The van der Waals surface area contributed by atoms with Crippen LogP contribution in [0.15, 0.2) is 18.2 Å². The van der Waals surface area contributed by atoms with E-state index in [2.05, 4.69) is 54.5 Å². The van der Waals surface area contributed by atoms with Gasteiger partial charge in [0.1, 0.15) is 0 Å². The number of piperazine rings is 1. The van der Waals surface area contributed by atoms with Gasteiger partial charge in [0, 0.05) is 26.2 Å². The zero-order chi connectivity index (χ0) is 14.5. The summed E-state index contributed by atoms with van der Waals surface area (Å²) >= 11 is 0. The molecule has 1 heterocycles. The number of carbonyl (C=O) groups is 1. The fraction of sp³-hybridized carbons (Fsp3) is 0.562. The number of nitrogens with zero attached hydrogens (tertiary/aromatic N) is 1. The second-order valence-electron chi connectivity index (χ2n) is 5.68. The van der Waals surface area contributed by atoms with Crippen LogP contribution in [0.4, 0.5) is 0 Å². The Hall–Kier alpha value is -1.39. The van der Waals surface area contributed by atoms with Crippen LogP contribution in [0.3, 0.4) is 0 Å². The van der Waals surface area contributed by atoms with Crippen molar-refractivity contribution in [2.24, 2.45) is 0 Å². The Balaban J connectivity index is 1.91. The minimum Gasteiger partial charge on any atom is -0.348 e. The Bertz CT molecular complexity index is 467. The summed E-state index contributed by atoms with van der Waals surface area (Å²) < 4.78 is 0. The molecule has 1 fully saturated rings. The number of aryl methyl sites for hydroxylation is 2. The standard InChI is InChI=1S/C16H25N3O/c1-12-4-5-13(2)15(10-12)14(3)18-16(20)11-19-8-6-17-7-9-19/h4-5,10,14,17H,6-9,11H2,1-3H3,(H,18,20). The maximum atomic E-state index is 12.1. The largest absolute Gasteiger partial charge is 0.348 e. The number of benzene rings is 1. The smallest absolute Gasteiger partial charge is 0.234 e. The van der Waals surface area contributed by atoms with Crippen molar-refractivity contribution in [1.29, 1.82) is 0 Å². The average molecular weight is 275 g/mol. The summed E-state index contributed by atoms with van der Waals surface area (Å²) in [7, 11) is 0. The summed E-state index contributed by atoms with van der Waals surface area (Å²) in [5, 5.41) is 6.41. The minimum absolute atomic E-state index is 0.0605. The van der Waals surface area contributed by atoms with Gasteiger partial charge in [-0.3, -0.25) is 9.69 Å². The lowest BCUT2D eigenvalue weighted by molar-refractivity contribution is -0.123. The minimum atomic E-state index is 0.0605. The Morgan fingerprint density at radius 2 is 2.05 bits per heavy atom. The van der Waals surface area contributed by atoms with Gasteiger partial charge < -0.3 is 10.6 Å². The van der Waals surface area contributed by atoms with Gasteiger partial charge in [0.2, 0.25) is 5.91 Å². The van der Waals surface area contributed by atoms with Crippen molar-refractivity contribution in [2.75, 3.05) is 32.7 Å². The first kappa shape index (κ1) is 15.0. The van der Waals surface area contributed by atoms with E-state index in [4.69, 9.17) is 0 Å². The number of carbonyl (C=O) groups excluding carboxylic acids is 1. The second kappa shape index (κ2) is 6.86. The maximum Gasteiger partial charge on any atom is 0.234 e. The fourth-order valence-electron chi connectivity index (χ4n) is 2.66. The van der Waals surface area contributed by atoms with Gasteiger partial charge in [-0.05, 0) is 31.9 Å². The Morgan fingerprint density at radius 3 is 2.75 bits per heavy atom. The third kappa shape index (κ3) is 4.05. The fourth-order valence-corrected chi connectivity index (χ4v) is 2.66. The van der Waals surface area contributed by atoms with E-state index in [1.165, 1.54) is 16.7 Å². The van der Waals surface area contributed by atoms with Gasteiger partial charge >= 0.3 is 0 Å². The van der Waals surface area contributed by atoms with Crippen LogP contribution in [0.2, 0.25) is 0 Å². The van der Waals surface area contributed by atoms with Crippen LogP contribution in [0.5, 0.6) is 0 Å². The average Bonchev–Trinajstić information content (AvgIpc) is 2.42. The monoisotopic (exact) mass is 275 g/mol. The van der Waals surface area contributed by atoms with Crippen molar-refractivity contribution in [3.63, 3.8) is 0 Å². The van der Waals surface area contributed by atoms with Crippen LogP contribution in [0, 0.1) is 13.8 Å². The Morgan fingerprint density at radius 1 is 1.35 bits per heavy atom. The molecule has 0 bridgehead atoms. The van der Waals surface area contributed by atoms with Gasteiger partial charge in [-0.1, -0.05) is 23.8 Å². The maximum absolute atomic E-state index is 12.1. The molecular formula is C16H25N3O. The predicted molar refractivity (Wildman–Crippen MR) is 81.8 cm³/mol. The lowest BCUT2D eigenvalue weighted by atomic mass is 10.00. The van der Waals surface area contributed by atoms with Gasteiger partial charge in [0.05, 0.1) is 12.6 Å². The van der Waals surface area contributed by atoms with Crippen molar-refractivity contribution in [3.8, 4) is 0 Å². The number of rotatable bonds is 4. The number of hydrogen-bond donors (Lipinski definition) is 2. The van der Waals surface area contributed by atoms with Crippen molar-refractivity contribution in [1.82, 2.24) is 15.5 Å². The SMILES string of the molecule is Cc1ccc(C)c(C(C)NC(=O)CN2CCNCC2)c1. The topological polar surface area (TPSA) is 44.4 Å². The van der Waals surface area contributed by atoms with Gasteiger partial charge in [0.15, 0.2) is 0 Å². The molecule has 0 saturated carbocycles. The highest BCUT2D eigenvalue weighted by molar-refractivity contribution is 5.78. The molecule has 4 nitrogen and oxygen atoms in total. The van der Waals surface area contributed by atoms with Crippen molar-refractivity contribution >= 4 is 5.91 Å². The summed E-state index contributed by atoms with van der Waals surface area (Å²) in [6.07, 6.45) is 0. The first-order valence-corrected chi connectivity index (χ1v) is 7.36.